The molecular formula is C30H36N2O5. The summed E-state index contributed by atoms with van der Waals surface area (Å²) in [6, 6.07) is 20.1. The van der Waals surface area contributed by atoms with Crippen LogP contribution in [-0.4, -0.2) is 51.8 Å². The molecule has 7 heteroatoms. The van der Waals surface area contributed by atoms with Crippen molar-refractivity contribution in [1.82, 2.24) is 10.2 Å². The molecule has 4 rings (SSSR count). The normalized spacial score (nSPS) is 15.0. The average Bonchev–Trinajstić information content (AvgIpc) is 2.93. The van der Waals surface area contributed by atoms with Gasteiger partial charge in [-0.3, -0.25) is 9.69 Å². The molecule has 1 atom stereocenters. The number of methoxy groups -OCH3 is 3. The quantitative estimate of drug-likeness (QED) is 0.413. The van der Waals surface area contributed by atoms with E-state index in [1.807, 2.05) is 49.4 Å². The number of carbonyl (C=O) groups excluding carboxylic acids is 1. The third kappa shape index (κ3) is 6.35. The highest BCUT2D eigenvalue weighted by Gasteiger charge is 2.31. The fraction of sp³-hybridized carbons (Fsp3) is 0.367. The van der Waals surface area contributed by atoms with Crippen LogP contribution >= 0.6 is 0 Å². The smallest absolute Gasteiger partial charge is 0.234 e. The van der Waals surface area contributed by atoms with Gasteiger partial charge in [0.05, 0.1) is 34.5 Å². The second kappa shape index (κ2) is 12.5. The number of rotatable bonds is 11. The maximum Gasteiger partial charge on any atom is 0.234 e. The van der Waals surface area contributed by atoms with Crippen molar-refractivity contribution in [2.75, 3.05) is 41.0 Å². The van der Waals surface area contributed by atoms with Gasteiger partial charge < -0.3 is 24.3 Å². The van der Waals surface area contributed by atoms with Gasteiger partial charge in [0.1, 0.15) is 0 Å². The van der Waals surface area contributed by atoms with Gasteiger partial charge in [0.15, 0.2) is 23.0 Å². The first-order chi connectivity index (χ1) is 18.1. The number of benzene rings is 3. The van der Waals surface area contributed by atoms with Crippen LogP contribution in [0.5, 0.6) is 23.0 Å². The summed E-state index contributed by atoms with van der Waals surface area (Å²) in [4.78, 5) is 15.3. The van der Waals surface area contributed by atoms with Crippen LogP contribution in [0, 0.1) is 0 Å². The third-order valence-corrected chi connectivity index (χ3v) is 6.75. The van der Waals surface area contributed by atoms with Crippen molar-refractivity contribution in [3.05, 3.63) is 82.9 Å². The molecule has 1 unspecified atom stereocenters. The van der Waals surface area contributed by atoms with Crippen molar-refractivity contribution >= 4 is 5.91 Å². The molecule has 0 bridgehead atoms. The first kappa shape index (κ1) is 26.4. The number of nitrogens with zero attached hydrogens (tertiary/aromatic N) is 1. The molecule has 37 heavy (non-hydrogen) atoms. The number of nitrogens with one attached hydrogen (secondary N) is 1. The maximum atomic E-state index is 13.0. The highest BCUT2D eigenvalue weighted by atomic mass is 16.5. The molecule has 0 spiro atoms. The lowest BCUT2D eigenvalue weighted by Gasteiger charge is -2.37. The van der Waals surface area contributed by atoms with Crippen molar-refractivity contribution in [2.45, 2.75) is 32.4 Å². The third-order valence-electron chi connectivity index (χ3n) is 6.75. The summed E-state index contributed by atoms with van der Waals surface area (Å²) < 4.78 is 22.5. The Bertz CT molecular complexity index is 1200. The molecule has 3 aromatic carbocycles. The topological polar surface area (TPSA) is 69.3 Å². The van der Waals surface area contributed by atoms with Gasteiger partial charge in [-0.1, -0.05) is 36.4 Å². The summed E-state index contributed by atoms with van der Waals surface area (Å²) in [6.07, 6.45) is 1.53. The van der Waals surface area contributed by atoms with Gasteiger partial charge in [-0.25, -0.2) is 0 Å². The number of fused-ring (bicyclic) bond motifs is 1. The molecule has 196 valence electrons. The Kier molecular flexibility index (Phi) is 8.90. The van der Waals surface area contributed by atoms with Crippen LogP contribution in [0.4, 0.5) is 0 Å². The summed E-state index contributed by atoms with van der Waals surface area (Å²) in [7, 11) is 4.94. The summed E-state index contributed by atoms with van der Waals surface area (Å²) in [6.45, 7) is 4.09. The summed E-state index contributed by atoms with van der Waals surface area (Å²) in [5.41, 5.74) is 4.54. The largest absolute Gasteiger partial charge is 0.493 e. The fourth-order valence-corrected chi connectivity index (χ4v) is 4.88. The van der Waals surface area contributed by atoms with E-state index in [-0.39, 0.29) is 11.9 Å². The van der Waals surface area contributed by atoms with Gasteiger partial charge in [0.2, 0.25) is 5.91 Å². The van der Waals surface area contributed by atoms with Gasteiger partial charge in [-0.05, 0) is 66.3 Å². The van der Waals surface area contributed by atoms with Crippen LogP contribution in [0.2, 0.25) is 0 Å². The zero-order valence-corrected chi connectivity index (χ0v) is 22.1. The second-order valence-corrected chi connectivity index (χ2v) is 9.03. The van der Waals surface area contributed by atoms with E-state index in [1.54, 1.807) is 21.3 Å². The van der Waals surface area contributed by atoms with Gasteiger partial charge in [-0.15, -0.1) is 0 Å². The Hall–Kier alpha value is -3.71. The molecule has 1 heterocycles. The highest BCUT2D eigenvalue weighted by Crippen LogP contribution is 2.40. The van der Waals surface area contributed by atoms with Crippen LogP contribution < -0.4 is 24.3 Å². The van der Waals surface area contributed by atoms with Crippen molar-refractivity contribution in [2.24, 2.45) is 0 Å². The van der Waals surface area contributed by atoms with Crippen LogP contribution in [0.25, 0.3) is 0 Å². The van der Waals surface area contributed by atoms with Gasteiger partial charge in [-0.2, -0.15) is 0 Å². The number of hydrogen-bond donors (Lipinski definition) is 1. The minimum absolute atomic E-state index is 0.00292. The molecule has 7 nitrogen and oxygen atoms in total. The molecule has 1 aliphatic heterocycles. The van der Waals surface area contributed by atoms with Crippen LogP contribution in [0.15, 0.2) is 60.7 Å². The first-order valence-electron chi connectivity index (χ1n) is 12.6. The summed E-state index contributed by atoms with van der Waals surface area (Å²) in [5.74, 6) is 2.84. The molecule has 0 aromatic heterocycles. The molecule has 0 saturated heterocycles. The molecule has 0 fully saturated rings. The SMILES string of the molecule is CCOc1cc2c(cc1OC)CCN(CC(=O)NCc1ccccc1)C2Cc1ccc(OC)c(OC)c1. The van der Waals surface area contributed by atoms with Crippen LogP contribution in [-0.2, 0) is 24.2 Å². The average molecular weight is 505 g/mol. The van der Waals surface area contributed by atoms with E-state index in [0.29, 0.717) is 37.6 Å². The van der Waals surface area contributed by atoms with E-state index in [0.717, 1.165) is 41.2 Å². The molecule has 0 saturated carbocycles. The van der Waals surface area contributed by atoms with E-state index in [9.17, 15) is 4.79 Å². The van der Waals surface area contributed by atoms with Crippen LogP contribution in [0.1, 0.15) is 35.2 Å². The summed E-state index contributed by atoms with van der Waals surface area (Å²) in [5, 5.41) is 3.08. The number of ether oxygens (including phenoxy) is 4. The predicted molar refractivity (Wildman–Crippen MR) is 144 cm³/mol. The molecule has 1 amide bonds. The van der Waals surface area contributed by atoms with E-state index < -0.39 is 0 Å². The molecular weight excluding hydrogens is 468 g/mol. The van der Waals surface area contributed by atoms with Crippen molar-refractivity contribution in [1.29, 1.82) is 0 Å². The number of carbonyl (C=O) groups is 1. The van der Waals surface area contributed by atoms with E-state index in [2.05, 4.69) is 28.4 Å². The molecule has 1 N–H and O–H groups in total. The highest BCUT2D eigenvalue weighted by molar-refractivity contribution is 5.78. The summed E-state index contributed by atoms with van der Waals surface area (Å²) >= 11 is 0. The number of amides is 1. The Morgan fingerprint density at radius 3 is 2.32 bits per heavy atom. The Morgan fingerprint density at radius 1 is 0.892 bits per heavy atom. The Labute approximate surface area is 219 Å². The molecule has 0 radical (unpaired) electrons. The zero-order valence-electron chi connectivity index (χ0n) is 22.1. The lowest BCUT2D eigenvalue weighted by molar-refractivity contribution is -0.123. The minimum Gasteiger partial charge on any atom is -0.493 e. The Balaban J connectivity index is 1.62. The molecule has 0 aliphatic carbocycles. The first-order valence-corrected chi connectivity index (χ1v) is 12.6. The van der Waals surface area contributed by atoms with E-state index in [4.69, 9.17) is 18.9 Å². The lowest BCUT2D eigenvalue weighted by Crippen LogP contribution is -2.43. The van der Waals surface area contributed by atoms with Crippen molar-refractivity contribution in [3.63, 3.8) is 0 Å². The van der Waals surface area contributed by atoms with E-state index >= 15 is 0 Å². The fourth-order valence-electron chi connectivity index (χ4n) is 4.88. The van der Waals surface area contributed by atoms with Gasteiger partial charge in [0, 0.05) is 19.1 Å². The molecule has 1 aliphatic rings. The maximum absolute atomic E-state index is 13.0. The number of hydrogen-bond acceptors (Lipinski definition) is 6. The van der Waals surface area contributed by atoms with Crippen molar-refractivity contribution < 1.29 is 23.7 Å². The Morgan fingerprint density at radius 2 is 1.62 bits per heavy atom. The van der Waals surface area contributed by atoms with E-state index in [1.165, 1.54) is 5.56 Å². The zero-order chi connectivity index (χ0) is 26.2. The minimum atomic E-state index is -0.0190. The predicted octanol–water partition coefficient (Wildman–Crippen LogP) is 4.57. The lowest BCUT2D eigenvalue weighted by atomic mass is 9.88. The van der Waals surface area contributed by atoms with Gasteiger partial charge >= 0.3 is 0 Å². The second-order valence-electron chi connectivity index (χ2n) is 9.03. The monoisotopic (exact) mass is 504 g/mol. The standard InChI is InChI=1S/C30H36N2O5/c1-5-37-29-18-24-23(17-28(29)36-4)13-14-32(20-30(33)31-19-21-9-7-6-8-10-21)25(24)15-22-11-12-26(34-2)27(16-22)35-3/h6-12,16-18,25H,5,13-15,19-20H2,1-4H3,(H,31,33). The van der Waals surface area contributed by atoms with Crippen LogP contribution in [0.3, 0.4) is 0 Å². The van der Waals surface area contributed by atoms with Crippen molar-refractivity contribution in [3.8, 4) is 23.0 Å². The molecule has 3 aromatic rings. The van der Waals surface area contributed by atoms with Gasteiger partial charge in [0.25, 0.3) is 0 Å².